The van der Waals surface area contributed by atoms with Gasteiger partial charge in [-0.3, -0.25) is 9.59 Å². The van der Waals surface area contributed by atoms with E-state index in [2.05, 4.69) is 17.2 Å². The second-order valence-electron chi connectivity index (χ2n) is 6.47. The van der Waals surface area contributed by atoms with Gasteiger partial charge in [0.1, 0.15) is 12.1 Å². The topological polar surface area (TPSA) is 49.4 Å². The fourth-order valence-electron chi connectivity index (χ4n) is 3.55. The molecule has 4 heteroatoms. The van der Waals surface area contributed by atoms with E-state index in [1.807, 2.05) is 13.8 Å². The van der Waals surface area contributed by atoms with E-state index in [1.54, 1.807) is 11.8 Å². The summed E-state index contributed by atoms with van der Waals surface area (Å²) < 4.78 is 0. The normalized spacial score (nSPS) is 27.3. The van der Waals surface area contributed by atoms with Gasteiger partial charge in [-0.2, -0.15) is 0 Å². The molecule has 0 radical (unpaired) electrons. The highest BCUT2D eigenvalue weighted by atomic mass is 16.2. The summed E-state index contributed by atoms with van der Waals surface area (Å²) >= 11 is 0. The number of piperazine rings is 1. The van der Waals surface area contributed by atoms with E-state index >= 15 is 0 Å². The number of carbonyl (C=O) groups excluding carboxylic acids is 2. The Morgan fingerprint density at radius 1 is 1.24 bits per heavy atom. The number of carbonyl (C=O) groups is 2. The molecule has 1 saturated carbocycles. The van der Waals surface area contributed by atoms with Gasteiger partial charge in [-0.05, 0) is 31.6 Å². The third-order valence-corrected chi connectivity index (χ3v) is 4.63. The van der Waals surface area contributed by atoms with Gasteiger partial charge in [-0.15, -0.1) is 5.92 Å². The van der Waals surface area contributed by atoms with Crippen molar-refractivity contribution in [3.63, 3.8) is 0 Å². The summed E-state index contributed by atoms with van der Waals surface area (Å²) in [5.41, 5.74) is 0. The van der Waals surface area contributed by atoms with E-state index in [0.717, 1.165) is 25.7 Å². The summed E-state index contributed by atoms with van der Waals surface area (Å²) in [6, 6.07) is -0.732. The maximum Gasteiger partial charge on any atom is 0.246 e. The molecule has 1 aliphatic carbocycles. The average Bonchev–Trinajstić information content (AvgIpc) is 2.48. The van der Waals surface area contributed by atoms with Gasteiger partial charge < -0.3 is 10.2 Å². The molecule has 0 aromatic rings. The van der Waals surface area contributed by atoms with Crippen molar-refractivity contribution in [2.45, 2.75) is 65.0 Å². The Bertz CT molecular complexity index is 455. The number of hydrogen-bond acceptors (Lipinski definition) is 2. The molecule has 1 heterocycles. The quantitative estimate of drug-likeness (QED) is 0.808. The minimum atomic E-state index is -0.391. The van der Waals surface area contributed by atoms with Crippen LogP contribution in [-0.2, 0) is 9.59 Å². The van der Waals surface area contributed by atoms with E-state index in [1.165, 1.54) is 6.42 Å². The van der Waals surface area contributed by atoms with E-state index in [0.29, 0.717) is 12.5 Å². The molecular weight excluding hydrogens is 264 g/mol. The molecule has 2 aliphatic rings. The molecule has 0 aromatic heterocycles. The first-order valence-electron chi connectivity index (χ1n) is 8.06. The molecule has 0 aromatic carbocycles. The van der Waals surface area contributed by atoms with Crippen molar-refractivity contribution < 1.29 is 9.59 Å². The first-order valence-corrected chi connectivity index (χ1v) is 8.06. The summed E-state index contributed by atoms with van der Waals surface area (Å²) in [6.07, 6.45) is 5.64. The zero-order chi connectivity index (χ0) is 15.4. The zero-order valence-corrected chi connectivity index (χ0v) is 13.3. The Morgan fingerprint density at radius 2 is 1.90 bits per heavy atom. The number of nitrogens with one attached hydrogen (secondary N) is 1. The standard InChI is InChI=1S/C17H26N2O2/c1-4-5-11-19-15(12(2)3)16(20)18-14(17(19)21)13-9-7-6-8-10-13/h12-15H,6-11H2,1-3H3,(H,18,20). The maximum absolute atomic E-state index is 12.8. The fraction of sp³-hybridized carbons (Fsp3) is 0.765. The first-order chi connectivity index (χ1) is 10.1. The lowest BCUT2D eigenvalue weighted by Crippen LogP contribution is -2.66. The van der Waals surface area contributed by atoms with Crippen molar-refractivity contribution in [2.24, 2.45) is 11.8 Å². The number of amides is 2. The van der Waals surface area contributed by atoms with Crippen LogP contribution >= 0.6 is 0 Å². The summed E-state index contributed by atoms with van der Waals surface area (Å²) in [5, 5.41) is 3.00. The van der Waals surface area contributed by atoms with E-state index in [-0.39, 0.29) is 23.8 Å². The minimum Gasteiger partial charge on any atom is -0.342 e. The number of hydrogen-bond donors (Lipinski definition) is 1. The van der Waals surface area contributed by atoms with Gasteiger partial charge in [-0.1, -0.05) is 39.0 Å². The molecule has 21 heavy (non-hydrogen) atoms. The maximum atomic E-state index is 12.8. The molecule has 0 bridgehead atoms. The van der Waals surface area contributed by atoms with Gasteiger partial charge in [0, 0.05) is 0 Å². The smallest absolute Gasteiger partial charge is 0.246 e. The lowest BCUT2D eigenvalue weighted by atomic mass is 9.81. The van der Waals surface area contributed by atoms with Gasteiger partial charge in [0.2, 0.25) is 11.8 Å². The second-order valence-corrected chi connectivity index (χ2v) is 6.47. The Morgan fingerprint density at radius 3 is 2.48 bits per heavy atom. The zero-order valence-electron chi connectivity index (χ0n) is 13.3. The molecule has 2 unspecified atom stereocenters. The summed E-state index contributed by atoms with van der Waals surface area (Å²) in [5.74, 6) is 6.21. The van der Waals surface area contributed by atoms with Crippen molar-refractivity contribution in [3.05, 3.63) is 0 Å². The summed E-state index contributed by atoms with van der Waals surface area (Å²) in [4.78, 5) is 27.0. The van der Waals surface area contributed by atoms with Crippen LogP contribution in [0.5, 0.6) is 0 Å². The molecule has 2 atom stereocenters. The van der Waals surface area contributed by atoms with Crippen molar-refractivity contribution in [1.82, 2.24) is 10.2 Å². The third kappa shape index (κ3) is 3.40. The molecule has 4 nitrogen and oxygen atoms in total. The molecule has 2 amide bonds. The largest absolute Gasteiger partial charge is 0.342 e. The van der Waals surface area contributed by atoms with Crippen LogP contribution in [-0.4, -0.2) is 35.3 Å². The van der Waals surface area contributed by atoms with Crippen molar-refractivity contribution in [3.8, 4) is 11.8 Å². The van der Waals surface area contributed by atoms with Crippen LogP contribution in [0.4, 0.5) is 0 Å². The average molecular weight is 290 g/mol. The lowest BCUT2D eigenvalue weighted by molar-refractivity contribution is -0.152. The van der Waals surface area contributed by atoms with Crippen LogP contribution in [0.1, 0.15) is 52.9 Å². The lowest BCUT2D eigenvalue weighted by Gasteiger charge is -2.43. The molecule has 1 aliphatic heterocycles. The minimum absolute atomic E-state index is 0.0157. The monoisotopic (exact) mass is 290 g/mol. The highest BCUT2D eigenvalue weighted by Crippen LogP contribution is 2.30. The molecular formula is C17H26N2O2. The van der Waals surface area contributed by atoms with Crippen molar-refractivity contribution in [1.29, 1.82) is 0 Å². The van der Waals surface area contributed by atoms with Crippen LogP contribution in [0, 0.1) is 23.7 Å². The molecule has 0 spiro atoms. The fourth-order valence-corrected chi connectivity index (χ4v) is 3.55. The predicted octanol–water partition coefficient (Wildman–Crippen LogP) is 1.94. The SMILES string of the molecule is CC#CCN1C(=O)C(C2CCCCC2)NC(=O)C1C(C)C. The van der Waals surface area contributed by atoms with Gasteiger partial charge in [0.05, 0.1) is 6.54 Å². The van der Waals surface area contributed by atoms with Crippen molar-refractivity contribution in [2.75, 3.05) is 6.54 Å². The predicted molar refractivity (Wildman–Crippen MR) is 82.3 cm³/mol. The van der Waals surface area contributed by atoms with Crippen LogP contribution in [0.25, 0.3) is 0 Å². The molecule has 116 valence electrons. The highest BCUT2D eigenvalue weighted by molar-refractivity contribution is 5.97. The molecule has 1 saturated heterocycles. The van der Waals surface area contributed by atoms with Gasteiger partial charge in [0.15, 0.2) is 0 Å². The van der Waals surface area contributed by atoms with Crippen LogP contribution in [0.15, 0.2) is 0 Å². The van der Waals surface area contributed by atoms with Gasteiger partial charge >= 0.3 is 0 Å². The third-order valence-electron chi connectivity index (χ3n) is 4.63. The van der Waals surface area contributed by atoms with Gasteiger partial charge in [0.25, 0.3) is 0 Å². The highest BCUT2D eigenvalue weighted by Gasteiger charge is 2.44. The summed E-state index contributed by atoms with van der Waals surface area (Å²) in [7, 11) is 0. The van der Waals surface area contributed by atoms with E-state index in [9.17, 15) is 9.59 Å². The van der Waals surface area contributed by atoms with Crippen molar-refractivity contribution >= 4 is 11.8 Å². The Hall–Kier alpha value is -1.50. The molecule has 2 rings (SSSR count). The first kappa shape index (κ1) is 15.9. The van der Waals surface area contributed by atoms with E-state index < -0.39 is 6.04 Å². The number of rotatable bonds is 3. The Labute approximate surface area is 127 Å². The Kier molecular flexibility index (Phi) is 5.27. The van der Waals surface area contributed by atoms with Crippen LogP contribution in [0.2, 0.25) is 0 Å². The van der Waals surface area contributed by atoms with Crippen LogP contribution < -0.4 is 5.32 Å². The molecule has 2 fully saturated rings. The Balaban J connectivity index is 2.20. The summed E-state index contributed by atoms with van der Waals surface area (Å²) in [6.45, 7) is 6.07. The second kappa shape index (κ2) is 6.98. The molecule has 1 N–H and O–H groups in total. The van der Waals surface area contributed by atoms with E-state index in [4.69, 9.17) is 0 Å². The number of nitrogens with zero attached hydrogens (tertiary/aromatic N) is 1. The van der Waals surface area contributed by atoms with Gasteiger partial charge in [-0.25, -0.2) is 0 Å². The van der Waals surface area contributed by atoms with Crippen LogP contribution in [0.3, 0.4) is 0 Å².